The normalized spacial score (nSPS) is 16.0. The van der Waals surface area contributed by atoms with Crippen molar-refractivity contribution >= 4 is 33.5 Å². The lowest BCUT2D eigenvalue weighted by Gasteiger charge is -2.37. The van der Waals surface area contributed by atoms with Gasteiger partial charge in [-0.1, -0.05) is 55.0 Å². The molecule has 9 heteroatoms. The zero-order chi connectivity index (χ0) is 27.5. The zero-order valence-corrected chi connectivity index (χ0v) is 22.4. The molecule has 1 amide bonds. The first kappa shape index (κ1) is 26.6. The van der Waals surface area contributed by atoms with Crippen LogP contribution in [0.3, 0.4) is 0 Å². The Morgan fingerprint density at radius 1 is 1.10 bits per heavy atom. The number of carbonyl (C=O) groups is 2. The molecule has 2 N–H and O–H groups in total. The van der Waals surface area contributed by atoms with Crippen LogP contribution in [0.1, 0.15) is 40.1 Å². The highest BCUT2D eigenvalue weighted by molar-refractivity contribution is 6.11. The highest BCUT2D eigenvalue weighted by Crippen LogP contribution is 2.33. The maximum absolute atomic E-state index is 13.9. The Hall–Kier alpha value is -3.95. The third-order valence-electron chi connectivity index (χ3n) is 7.66. The lowest BCUT2D eigenvalue weighted by molar-refractivity contribution is 0.0640. The number of fused-ring (bicyclic) bond motifs is 3. The molecule has 4 aromatic rings. The molecule has 1 aliphatic rings. The zero-order valence-electron chi connectivity index (χ0n) is 22.4. The van der Waals surface area contributed by atoms with Crippen molar-refractivity contribution in [2.45, 2.75) is 31.8 Å². The number of aromatic nitrogens is 2. The number of aliphatic hydroxyl groups excluding tert-OH is 1. The number of hydrogen-bond donors (Lipinski definition) is 2. The van der Waals surface area contributed by atoms with E-state index in [2.05, 4.69) is 9.88 Å². The van der Waals surface area contributed by atoms with Crippen LogP contribution in [0.2, 0.25) is 0 Å². The molecule has 9 nitrogen and oxygen atoms in total. The Morgan fingerprint density at radius 2 is 1.85 bits per heavy atom. The number of H-pyrrole nitrogens is 1. The van der Waals surface area contributed by atoms with Crippen molar-refractivity contribution in [1.82, 2.24) is 19.4 Å². The average molecular weight is 531 g/mol. The number of para-hydroxylation sites is 1. The van der Waals surface area contributed by atoms with E-state index in [1.54, 1.807) is 42.3 Å². The molecule has 3 heterocycles. The molecular weight excluding hydrogens is 496 g/mol. The molecule has 204 valence electrons. The van der Waals surface area contributed by atoms with Crippen LogP contribution < -0.4 is 10.3 Å². The third kappa shape index (κ3) is 5.07. The fourth-order valence-corrected chi connectivity index (χ4v) is 5.70. The smallest absolute Gasteiger partial charge is 0.273 e. The number of nitrogens with zero attached hydrogens (tertiary/aromatic N) is 3. The summed E-state index contributed by atoms with van der Waals surface area (Å²) in [6.45, 7) is 1.91. The predicted octanol–water partition coefficient (Wildman–Crippen LogP) is 3.29. The van der Waals surface area contributed by atoms with Gasteiger partial charge in [0.25, 0.3) is 11.5 Å². The second kappa shape index (κ2) is 11.4. The molecule has 5 rings (SSSR count). The summed E-state index contributed by atoms with van der Waals surface area (Å²) >= 11 is 0. The summed E-state index contributed by atoms with van der Waals surface area (Å²) in [6, 6.07) is 16.4. The van der Waals surface area contributed by atoms with Crippen LogP contribution in [0.5, 0.6) is 5.75 Å². The van der Waals surface area contributed by atoms with Gasteiger partial charge in [-0.25, -0.2) is 0 Å². The van der Waals surface area contributed by atoms with Gasteiger partial charge in [0.1, 0.15) is 11.1 Å². The molecule has 1 unspecified atom stereocenters. The van der Waals surface area contributed by atoms with E-state index in [4.69, 9.17) is 4.74 Å². The van der Waals surface area contributed by atoms with Gasteiger partial charge in [0.15, 0.2) is 11.5 Å². The molecule has 0 radical (unpaired) electrons. The third-order valence-corrected chi connectivity index (χ3v) is 7.66. The largest absolute Gasteiger partial charge is 0.493 e. The van der Waals surface area contributed by atoms with Gasteiger partial charge in [-0.2, -0.15) is 0 Å². The number of Topliss-reactive ketones (excluding diaryl/α,β-unsaturated/α-hetero) is 1. The second-order valence-electron chi connectivity index (χ2n) is 10.1. The van der Waals surface area contributed by atoms with Crippen LogP contribution in [-0.2, 0) is 6.54 Å². The quantitative estimate of drug-likeness (QED) is 0.322. The van der Waals surface area contributed by atoms with Crippen LogP contribution in [0.15, 0.2) is 59.4 Å². The minimum Gasteiger partial charge on any atom is -0.493 e. The van der Waals surface area contributed by atoms with Gasteiger partial charge in [0.2, 0.25) is 0 Å². The van der Waals surface area contributed by atoms with Crippen molar-refractivity contribution in [1.29, 1.82) is 0 Å². The molecule has 1 atom stereocenters. The Balaban J connectivity index is 1.56. The van der Waals surface area contributed by atoms with E-state index in [0.29, 0.717) is 29.7 Å². The lowest BCUT2D eigenvalue weighted by Crippen LogP contribution is -2.48. The first-order valence-corrected chi connectivity index (χ1v) is 13.3. The van der Waals surface area contributed by atoms with E-state index < -0.39 is 5.56 Å². The number of likely N-dealkylation sites (N-methyl/N-ethyl adjacent to an activating group) is 1. The standard InChI is InChI=1S/C30H34N4O5/c1-32(18-21-12-8-9-15-33(21)16-17-35)30(38)27-28(39-2)25-26(31-27)22-13-6-7-14-23(22)34(29(25)37)19-24(36)20-10-4-3-5-11-20/h3-7,10-11,13-14,21,31,35H,8-9,12,15-19H2,1-2H3. The predicted molar refractivity (Wildman–Crippen MR) is 151 cm³/mol. The number of carbonyl (C=O) groups excluding carboxylic acids is 2. The van der Waals surface area contributed by atoms with E-state index in [0.717, 1.165) is 31.2 Å². The molecule has 0 aliphatic carbocycles. The average Bonchev–Trinajstić information content (AvgIpc) is 3.36. The van der Waals surface area contributed by atoms with Crippen molar-refractivity contribution in [3.8, 4) is 5.75 Å². The van der Waals surface area contributed by atoms with Crippen molar-refractivity contribution in [3.63, 3.8) is 0 Å². The number of rotatable bonds is 9. The fourth-order valence-electron chi connectivity index (χ4n) is 5.70. The van der Waals surface area contributed by atoms with E-state index in [1.807, 2.05) is 24.3 Å². The van der Waals surface area contributed by atoms with Gasteiger partial charge in [-0.15, -0.1) is 0 Å². The second-order valence-corrected chi connectivity index (χ2v) is 10.1. The SMILES string of the molecule is COc1c(C(=O)N(C)CC2CCCCN2CCO)[nH]c2c1c(=O)n(CC(=O)c1ccccc1)c1ccccc21. The monoisotopic (exact) mass is 530 g/mol. The summed E-state index contributed by atoms with van der Waals surface area (Å²) in [6.07, 6.45) is 3.11. The van der Waals surface area contributed by atoms with E-state index >= 15 is 0 Å². The number of piperidine rings is 1. The number of likely N-dealkylation sites (tertiary alicyclic amines) is 1. The van der Waals surface area contributed by atoms with Crippen LogP contribution in [0, 0.1) is 0 Å². The van der Waals surface area contributed by atoms with Gasteiger partial charge in [0, 0.05) is 37.1 Å². The van der Waals surface area contributed by atoms with Crippen LogP contribution in [-0.4, -0.2) is 82.6 Å². The van der Waals surface area contributed by atoms with Crippen molar-refractivity contribution < 1.29 is 19.4 Å². The van der Waals surface area contributed by atoms with Crippen LogP contribution >= 0.6 is 0 Å². The maximum Gasteiger partial charge on any atom is 0.273 e. The van der Waals surface area contributed by atoms with E-state index in [-0.39, 0.29) is 47.7 Å². The summed E-state index contributed by atoms with van der Waals surface area (Å²) in [5, 5.41) is 10.4. The number of pyridine rings is 1. The van der Waals surface area contributed by atoms with Crippen LogP contribution in [0.4, 0.5) is 0 Å². The number of benzene rings is 2. The van der Waals surface area contributed by atoms with Gasteiger partial charge in [-0.05, 0) is 25.5 Å². The number of methoxy groups -OCH3 is 1. The summed E-state index contributed by atoms with van der Waals surface area (Å²) < 4.78 is 7.13. The topological polar surface area (TPSA) is 108 Å². The molecule has 0 saturated carbocycles. The highest BCUT2D eigenvalue weighted by Gasteiger charge is 2.29. The summed E-state index contributed by atoms with van der Waals surface area (Å²) in [5.41, 5.74) is 1.42. The first-order chi connectivity index (χ1) is 18.9. The van der Waals surface area contributed by atoms with Gasteiger partial charge in [-0.3, -0.25) is 23.9 Å². The first-order valence-electron chi connectivity index (χ1n) is 13.3. The molecule has 1 aliphatic heterocycles. The number of hydrogen-bond acceptors (Lipinski definition) is 6. The van der Waals surface area contributed by atoms with Gasteiger partial charge >= 0.3 is 0 Å². The Kier molecular flexibility index (Phi) is 7.81. The van der Waals surface area contributed by atoms with Gasteiger partial charge in [0.05, 0.1) is 31.3 Å². The number of aromatic amines is 1. The highest BCUT2D eigenvalue weighted by atomic mass is 16.5. The number of β-amino-alcohol motifs (C(OH)–C–C–N with tert-alkyl or cyclic N) is 1. The summed E-state index contributed by atoms with van der Waals surface area (Å²) in [5.74, 6) is -0.296. The van der Waals surface area contributed by atoms with Crippen molar-refractivity contribution in [2.24, 2.45) is 0 Å². The fraction of sp³-hybridized carbons (Fsp3) is 0.367. The minimum absolute atomic E-state index is 0.0795. The number of ether oxygens (including phenoxy) is 1. The molecule has 39 heavy (non-hydrogen) atoms. The number of aliphatic hydroxyl groups is 1. The molecule has 1 fully saturated rings. The Labute approximate surface area is 226 Å². The maximum atomic E-state index is 13.9. The van der Waals surface area contributed by atoms with Gasteiger partial charge < -0.3 is 19.7 Å². The molecular formula is C30H34N4O5. The lowest BCUT2D eigenvalue weighted by atomic mass is 10.0. The minimum atomic E-state index is -0.399. The van der Waals surface area contributed by atoms with Crippen LogP contribution in [0.25, 0.3) is 21.8 Å². The van der Waals surface area contributed by atoms with E-state index in [9.17, 15) is 19.5 Å². The number of nitrogens with one attached hydrogen (secondary N) is 1. The van der Waals surface area contributed by atoms with Crippen molar-refractivity contribution in [2.75, 3.05) is 40.4 Å². The molecule has 0 spiro atoms. The number of amides is 1. The van der Waals surface area contributed by atoms with Crippen molar-refractivity contribution in [3.05, 3.63) is 76.2 Å². The molecule has 0 bridgehead atoms. The molecule has 1 saturated heterocycles. The Bertz CT molecular complexity index is 1560. The summed E-state index contributed by atoms with van der Waals surface area (Å²) in [4.78, 5) is 47.8. The summed E-state index contributed by atoms with van der Waals surface area (Å²) in [7, 11) is 3.19. The number of ketones is 1. The molecule has 2 aromatic carbocycles. The molecule has 2 aromatic heterocycles. The Morgan fingerprint density at radius 3 is 2.59 bits per heavy atom. The van der Waals surface area contributed by atoms with E-state index in [1.165, 1.54) is 11.7 Å².